The number of fused-ring (bicyclic) bond motifs is 6. The Morgan fingerprint density at radius 1 is 0.516 bits per heavy atom. The summed E-state index contributed by atoms with van der Waals surface area (Å²) in [5, 5.41) is 0. The van der Waals surface area contributed by atoms with Crippen LogP contribution in [0.25, 0.3) is 6.08 Å². The molecule has 62 heavy (non-hydrogen) atoms. The highest BCUT2D eigenvalue weighted by Gasteiger charge is 2.51. The van der Waals surface area contributed by atoms with Gasteiger partial charge in [-0.05, 0) is 218 Å². The van der Waals surface area contributed by atoms with E-state index in [-0.39, 0.29) is 0 Å². The average molecular weight is 827 g/mol. The number of allylic oxidation sites excluding steroid dienone is 16. The van der Waals surface area contributed by atoms with Gasteiger partial charge in [-0.1, -0.05) is 104 Å². The molecule has 2 heterocycles. The molecule has 3 saturated carbocycles. The molecule has 328 valence electrons. The molecule has 2 nitrogen and oxygen atoms in total. The predicted molar refractivity (Wildman–Crippen MR) is 260 cm³/mol. The SMILES string of the molecule is C1=CC(C2CC(C3=CCCC=C3)CC(C3=CC=C(N4C5CC(C6=Cc7c(c8c(n7C7CCCC(C9CC=CCC9)C7)CCCC8)CC6)C=CC5C5CCCCC54)CC3)C2)=CCC1. The lowest BCUT2D eigenvalue weighted by Crippen LogP contribution is -2.40. The molecule has 11 aliphatic rings. The van der Waals surface area contributed by atoms with Crippen molar-refractivity contribution >= 4 is 6.08 Å². The van der Waals surface area contributed by atoms with Crippen LogP contribution in [-0.2, 0) is 19.3 Å². The van der Waals surface area contributed by atoms with Gasteiger partial charge in [0.15, 0.2) is 0 Å². The summed E-state index contributed by atoms with van der Waals surface area (Å²) in [7, 11) is 0. The van der Waals surface area contributed by atoms with E-state index in [2.05, 4.69) is 88.5 Å². The molecule has 10 unspecified atom stereocenters. The molecule has 12 rings (SSSR count). The third-order valence-electron chi connectivity index (χ3n) is 19.4. The van der Waals surface area contributed by atoms with Gasteiger partial charge in [-0.15, -0.1) is 0 Å². The smallest absolute Gasteiger partial charge is 0.0446 e. The van der Waals surface area contributed by atoms with Gasteiger partial charge in [0.25, 0.3) is 0 Å². The lowest BCUT2D eigenvalue weighted by atomic mass is 9.66. The Morgan fingerprint density at radius 2 is 1.32 bits per heavy atom. The first-order chi connectivity index (χ1) is 30.7. The normalized spacial score (nSPS) is 37.9. The lowest BCUT2D eigenvalue weighted by molar-refractivity contribution is 0.178. The molecule has 2 heteroatoms. The maximum atomic E-state index is 3.11. The minimum Gasteiger partial charge on any atom is -0.368 e. The van der Waals surface area contributed by atoms with E-state index in [0.29, 0.717) is 23.8 Å². The number of nitrogens with zero attached hydrogens (tertiary/aromatic N) is 2. The number of aromatic nitrogens is 1. The molecule has 0 N–H and O–H groups in total. The van der Waals surface area contributed by atoms with Gasteiger partial charge in [0, 0.05) is 47.0 Å². The van der Waals surface area contributed by atoms with Crippen molar-refractivity contribution in [3.05, 3.63) is 123 Å². The molecule has 0 amide bonds. The molecule has 4 fully saturated rings. The van der Waals surface area contributed by atoms with Crippen LogP contribution in [-0.4, -0.2) is 21.6 Å². The number of likely N-dealkylation sites (tertiary alicyclic amines) is 1. The molecule has 0 spiro atoms. The van der Waals surface area contributed by atoms with E-state index < -0.39 is 0 Å². The molecule has 0 bridgehead atoms. The summed E-state index contributed by atoms with van der Waals surface area (Å²) in [6.07, 6.45) is 70.1. The highest BCUT2D eigenvalue weighted by atomic mass is 15.2. The monoisotopic (exact) mass is 827 g/mol. The minimum absolute atomic E-state index is 0.596. The minimum atomic E-state index is 0.596. The van der Waals surface area contributed by atoms with E-state index in [1.54, 1.807) is 50.5 Å². The van der Waals surface area contributed by atoms with Crippen molar-refractivity contribution in [3.8, 4) is 0 Å². The van der Waals surface area contributed by atoms with Gasteiger partial charge < -0.3 is 9.47 Å². The molecular formula is C60H78N2. The fourth-order valence-corrected chi connectivity index (χ4v) is 16.4. The Balaban J connectivity index is 0.817. The van der Waals surface area contributed by atoms with Crippen molar-refractivity contribution in [2.45, 2.75) is 191 Å². The number of hydrogen-bond acceptors (Lipinski definition) is 1. The van der Waals surface area contributed by atoms with Crippen LogP contribution in [0.1, 0.15) is 183 Å². The lowest BCUT2D eigenvalue weighted by Gasteiger charge is -2.42. The Kier molecular flexibility index (Phi) is 11.4. The summed E-state index contributed by atoms with van der Waals surface area (Å²) in [6.45, 7) is 0. The molecule has 10 aliphatic carbocycles. The molecule has 10 atom stereocenters. The van der Waals surface area contributed by atoms with Crippen LogP contribution in [0.2, 0.25) is 0 Å². The van der Waals surface area contributed by atoms with Crippen LogP contribution in [0.5, 0.6) is 0 Å². The maximum absolute atomic E-state index is 3.11. The average Bonchev–Trinajstić information content (AvgIpc) is 3.87. The van der Waals surface area contributed by atoms with E-state index in [4.69, 9.17) is 0 Å². The predicted octanol–water partition coefficient (Wildman–Crippen LogP) is 15.4. The van der Waals surface area contributed by atoms with Gasteiger partial charge in [-0.3, -0.25) is 0 Å². The first-order valence-electron chi connectivity index (χ1n) is 26.9. The topological polar surface area (TPSA) is 8.17 Å². The van der Waals surface area contributed by atoms with Gasteiger partial charge in [0.1, 0.15) is 0 Å². The van der Waals surface area contributed by atoms with Crippen LogP contribution >= 0.6 is 0 Å². The van der Waals surface area contributed by atoms with Crippen molar-refractivity contribution in [3.63, 3.8) is 0 Å². The van der Waals surface area contributed by atoms with E-state index >= 15 is 0 Å². The van der Waals surface area contributed by atoms with E-state index in [0.717, 1.165) is 41.7 Å². The van der Waals surface area contributed by atoms with Crippen molar-refractivity contribution < 1.29 is 0 Å². The molecule has 0 aromatic carbocycles. The Morgan fingerprint density at radius 3 is 2.10 bits per heavy atom. The quantitative estimate of drug-likeness (QED) is 0.249. The summed E-state index contributed by atoms with van der Waals surface area (Å²) in [4.78, 5) is 3.11. The highest BCUT2D eigenvalue weighted by Crippen LogP contribution is 2.54. The number of hydrogen-bond donors (Lipinski definition) is 0. The molecule has 1 aromatic rings. The van der Waals surface area contributed by atoms with Gasteiger partial charge >= 0.3 is 0 Å². The second kappa shape index (κ2) is 17.6. The largest absolute Gasteiger partial charge is 0.368 e. The summed E-state index contributed by atoms with van der Waals surface area (Å²) in [5.41, 5.74) is 15.6. The number of rotatable bonds is 7. The van der Waals surface area contributed by atoms with Gasteiger partial charge in [0.05, 0.1) is 0 Å². The maximum Gasteiger partial charge on any atom is 0.0446 e. The molecule has 1 aromatic heterocycles. The van der Waals surface area contributed by atoms with Crippen molar-refractivity contribution in [1.82, 2.24) is 9.47 Å². The third-order valence-corrected chi connectivity index (χ3v) is 19.4. The van der Waals surface area contributed by atoms with Crippen LogP contribution in [0.3, 0.4) is 0 Å². The van der Waals surface area contributed by atoms with Crippen LogP contribution < -0.4 is 0 Å². The first kappa shape index (κ1) is 40.3. The van der Waals surface area contributed by atoms with E-state index in [9.17, 15) is 0 Å². The first-order valence-corrected chi connectivity index (χ1v) is 26.9. The van der Waals surface area contributed by atoms with Gasteiger partial charge in [-0.25, -0.2) is 0 Å². The van der Waals surface area contributed by atoms with Crippen molar-refractivity contribution in [2.24, 2.45) is 47.3 Å². The zero-order valence-electron chi connectivity index (χ0n) is 38.3. The van der Waals surface area contributed by atoms with Gasteiger partial charge in [-0.2, -0.15) is 0 Å². The molecule has 1 saturated heterocycles. The Labute approximate surface area is 376 Å². The van der Waals surface area contributed by atoms with Crippen molar-refractivity contribution in [1.29, 1.82) is 0 Å². The highest BCUT2D eigenvalue weighted by molar-refractivity contribution is 5.63. The Hall–Kier alpha value is -3.26. The second-order valence-electron chi connectivity index (χ2n) is 22.6. The van der Waals surface area contributed by atoms with E-state index in [1.807, 2.05) is 0 Å². The van der Waals surface area contributed by atoms with Crippen molar-refractivity contribution in [2.75, 3.05) is 0 Å². The second-order valence-corrected chi connectivity index (χ2v) is 22.6. The zero-order chi connectivity index (χ0) is 41.0. The fraction of sp³-hybridized carbons (Fsp3) is 0.633. The van der Waals surface area contributed by atoms with Crippen LogP contribution in [0.4, 0.5) is 0 Å². The summed E-state index contributed by atoms with van der Waals surface area (Å²) in [5.74, 6) is 6.16. The molecule has 0 radical (unpaired) electrons. The van der Waals surface area contributed by atoms with Crippen LogP contribution in [0, 0.1) is 47.3 Å². The van der Waals surface area contributed by atoms with Gasteiger partial charge in [0.2, 0.25) is 0 Å². The Bertz CT molecular complexity index is 2100. The molecule has 1 aliphatic heterocycles. The summed E-state index contributed by atoms with van der Waals surface area (Å²) in [6, 6.07) is 2.13. The fourth-order valence-electron chi connectivity index (χ4n) is 16.4. The summed E-state index contributed by atoms with van der Waals surface area (Å²) < 4.78 is 3.03. The molecular weight excluding hydrogens is 749 g/mol. The third kappa shape index (κ3) is 7.56. The zero-order valence-corrected chi connectivity index (χ0v) is 38.3. The van der Waals surface area contributed by atoms with E-state index in [1.165, 1.54) is 173 Å². The van der Waals surface area contributed by atoms with Crippen LogP contribution in [0.15, 0.2) is 101 Å². The standard InChI is InChI=1S/C60H78N2/c1-4-15-41(16-5-1)45-21-14-22-52(38-45)62-58-26-13-11-24-54(58)56-34-30-47(40-60(56)62)46-29-33-55-53-23-10-12-25-57(53)61(59(55)39-46)51-31-27-44(28-32-51)50-36-48(42-17-6-2-7-18-42)35-49(37-50)43-19-8-3-9-20-43/h1,4,6,8,17-20,27,29,31,33,40-41,45-46,48-50,52-53,55,57,59H,2-3,5,7,9-16,21-26,28,30,32,34-39H2. The summed E-state index contributed by atoms with van der Waals surface area (Å²) >= 11 is 0.